The summed E-state index contributed by atoms with van der Waals surface area (Å²) >= 11 is 0. The van der Waals surface area contributed by atoms with Crippen LogP contribution in [-0.4, -0.2) is 48.8 Å². The standard InChI is InChI=1S/C18H38N2O/c1-8-10-18(7,13-19-17(4,5)6)14-20-11-15(3)21-12-16(20)9-2/h15-16,19H,8-14H2,1-7H3. The Balaban J connectivity index is 2.70. The van der Waals surface area contributed by atoms with Crippen LogP contribution in [0.2, 0.25) is 0 Å². The minimum atomic E-state index is 0.192. The summed E-state index contributed by atoms with van der Waals surface area (Å²) in [7, 11) is 0. The molecule has 0 aromatic heterocycles. The quantitative estimate of drug-likeness (QED) is 0.776. The lowest BCUT2D eigenvalue weighted by molar-refractivity contribution is -0.0689. The molecule has 3 atom stereocenters. The molecule has 0 amide bonds. The third-order valence-corrected chi connectivity index (χ3v) is 4.54. The van der Waals surface area contributed by atoms with Crippen LogP contribution in [0.15, 0.2) is 0 Å². The number of hydrogen-bond donors (Lipinski definition) is 1. The molecule has 1 aliphatic rings. The fraction of sp³-hybridized carbons (Fsp3) is 1.00. The van der Waals surface area contributed by atoms with Crippen molar-refractivity contribution >= 4 is 0 Å². The van der Waals surface area contributed by atoms with Crippen LogP contribution in [0.1, 0.15) is 67.7 Å². The van der Waals surface area contributed by atoms with E-state index in [0.29, 0.717) is 17.6 Å². The lowest BCUT2D eigenvalue weighted by Crippen LogP contribution is -2.54. The van der Waals surface area contributed by atoms with Gasteiger partial charge in [-0.25, -0.2) is 0 Å². The van der Waals surface area contributed by atoms with Gasteiger partial charge in [0.2, 0.25) is 0 Å². The average molecular weight is 299 g/mol. The predicted octanol–water partition coefficient (Wildman–Crippen LogP) is 3.68. The molecule has 1 heterocycles. The number of hydrogen-bond acceptors (Lipinski definition) is 3. The van der Waals surface area contributed by atoms with E-state index in [2.05, 4.69) is 58.7 Å². The molecule has 1 fully saturated rings. The second-order valence-electron chi connectivity index (χ2n) is 8.30. The van der Waals surface area contributed by atoms with Gasteiger partial charge in [-0.05, 0) is 46.0 Å². The monoisotopic (exact) mass is 298 g/mol. The molecule has 21 heavy (non-hydrogen) atoms. The number of rotatable bonds is 7. The summed E-state index contributed by atoms with van der Waals surface area (Å²) in [4.78, 5) is 2.67. The molecular formula is C18H38N2O. The molecule has 0 saturated carbocycles. The van der Waals surface area contributed by atoms with Crippen molar-refractivity contribution in [3.05, 3.63) is 0 Å². The Morgan fingerprint density at radius 2 is 1.86 bits per heavy atom. The zero-order valence-corrected chi connectivity index (χ0v) is 15.5. The Morgan fingerprint density at radius 3 is 2.38 bits per heavy atom. The number of nitrogens with zero attached hydrogens (tertiary/aromatic N) is 1. The van der Waals surface area contributed by atoms with Gasteiger partial charge in [-0.3, -0.25) is 4.90 Å². The maximum absolute atomic E-state index is 5.84. The zero-order valence-electron chi connectivity index (χ0n) is 15.5. The highest BCUT2D eigenvalue weighted by Crippen LogP contribution is 2.28. The molecule has 0 bridgehead atoms. The van der Waals surface area contributed by atoms with Crippen LogP contribution >= 0.6 is 0 Å². The van der Waals surface area contributed by atoms with Gasteiger partial charge >= 0.3 is 0 Å². The lowest BCUT2D eigenvalue weighted by atomic mass is 9.83. The van der Waals surface area contributed by atoms with E-state index in [9.17, 15) is 0 Å². The average Bonchev–Trinajstić information content (AvgIpc) is 2.36. The van der Waals surface area contributed by atoms with Crippen molar-refractivity contribution in [1.29, 1.82) is 0 Å². The maximum atomic E-state index is 5.84. The van der Waals surface area contributed by atoms with E-state index in [4.69, 9.17) is 4.74 Å². The summed E-state index contributed by atoms with van der Waals surface area (Å²) in [6.45, 7) is 20.2. The van der Waals surface area contributed by atoms with Crippen LogP contribution in [0.25, 0.3) is 0 Å². The summed E-state index contributed by atoms with van der Waals surface area (Å²) < 4.78 is 5.84. The summed E-state index contributed by atoms with van der Waals surface area (Å²) in [5, 5.41) is 3.72. The predicted molar refractivity (Wildman–Crippen MR) is 91.8 cm³/mol. The third kappa shape index (κ3) is 6.66. The Morgan fingerprint density at radius 1 is 1.19 bits per heavy atom. The van der Waals surface area contributed by atoms with E-state index >= 15 is 0 Å². The topological polar surface area (TPSA) is 24.5 Å². The van der Waals surface area contributed by atoms with Crippen molar-refractivity contribution in [3.8, 4) is 0 Å². The van der Waals surface area contributed by atoms with Gasteiger partial charge in [0.25, 0.3) is 0 Å². The van der Waals surface area contributed by atoms with Gasteiger partial charge in [0.05, 0.1) is 12.7 Å². The highest BCUT2D eigenvalue weighted by atomic mass is 16.5. The first-order chi connectivity index (χ1) is 9.69. The van der Waals surface area contributed by atoms with Gasteiger partial charge in [-0.2, -0.15) is 0 Å². The molecule has 3 nitrogen and oxygen atoms in total. The van der Waals surface area contributed by atoms with Crippen molar-refractivity contribution in [3.63, 3.8) is 0 Å². The summed E-state index contributed by atoms with van der Waals surface area (Å²) in [5.41, 5.74) is 0.532. The number of ether oxygens (including phenoxy) is 1. The smallest absolute Gasteiger partial charge is 0.0674 e. The highest BCUT2D eigenvalue weighted by molar-refractivity contribution is 4.88. The molecule has 0 spiro atoms. The van der Waals surface area contributed by atoms with Crippen molar-refractivity contribution in [1.82, 2.24) is 10.2 Å². The molecule has 1 aliphatic heterocycles. The summed E-state index contributed by atoms with van der Waals surface area (Å²) in [5.74, 6) is 0. The van der Waals surface area contributed by atoms with E-state index in [-0.39, 0.29) is 5.54 Å². The fourth-order valence-electron chi connectivity index (χ4n) is 3.28. The van der Waals surface area contributed by atoms with Gasteiger partial charge in [0.15, 0.2) is 0 Å². The molecule has 0 radical (unpaired) electrons. The van der Waals surface area contributed by atoms with Crippen LogP contribution in [0, 0.1) is 5.41 Å². The molecule has 1 rings (SSSR count). The SMILES string of the molecule is CCCC(C)(CNC(C)(C)C)CN1CC(C)OCC1CC. The van der Waals surface area contributed by atoms with Crippen LogP contribution in [0.3, 0.4) is 0 Å². The van der Waals surface area contributed by atoms with E-state index in [1.54, 1.807) is 0 Å². The molecular weight excluding hydrogens is 260 g/mol. The summed E-state index contributed by atoms with van der Waals surface area (Å²) in [6.07, 6.45) is 4.08. The van der Waals surface area contributed by atoms with E-state index in [0.717, 1.165) is 19.7 Å². The molecule has 3 unspecified atom stereocenters. The number of nitrogens with one attached hydrogen (secondary N) is 1. The highest BCUT2D eigenvalue weighted by Gasteiger charge is 2.33. The van der Waals surface area contributed by atoms with Crippen molar-refractivity contribution in [2.75, 3.05) is 26.2 Å². The Hall–Kier alpha value is -0.120. The molecule has 1 saturated heterocycles. The van der Waals surface area contributed by atoms with Gasteiger partial charge in [0, 0.05) is 31.2 Å². The molecule has 3 heteroatoms. The molecule has 0 aromatic carbocycles. The van der Waals surface area contributed by atoms with Crippen LogP contribution < -0.4 is 5.32 Å². The van der Waals surface area contributed by atoms with E-state index in [1.165, 1.54) is 25.8 Å². The minimum absolute atomic E-state index is 0.192. The first kappa shape index (κ1) is 18.9. The first-order valence-corrected chi connectivity index (χ1v) is 8.80. The van der Waals surface area contributed by atoms with Gasteiger partial charge < -0.3 is 10.1 Å². The second-order valence-corrected chi connectivity index (χ2v) is 8.30. The Kier molecular flexibility index (Phi) is 7.15. The van der Waals surface area contributed by atoms with Crippen molar-refractivity contribution < 1.29 is 4.74 Å². The molecule has 0 aliphatic carbocycles. The maximum Gasteiger partial charge on any atom is 0.0674 e. The second kappa shape index (κ2) is 7.94. The molecule has 126 valence electrons. The van der Waals surface area contributed by atoms with Gasteiger partial charge in [0.1, 0.15) is 0 Å². The molecule has 0 aromatic rings. The fourth-order valence-corrected chi connectivity index (χ4v) is 3.28. The number of morpholine rings is 1. The minimum Gasteiger partial charge on any atom is -0.376 e. The zero-order chi connectivity index (χ0) is 16.1. The summed E-state index contributed by atoms with van der Waals surface area (Å²) in [6, 6.07) is 0.590. The van der Waals surface area contributed by atoms with Gasteiger partial charge in [-0.1, -0.05) is 27.2 Å². The van der Waals surface area contributed by atoms with E-state index in [1.807, 2.05) is 0 Å². The van der Waals surface area contributed by atoms with Gasteiger partial charge in [-0.15, -0.1) is 0 Å². The normalized spacial score (nSPS) is 27.6. The molecule has 1 N–H and O–H groups in total. The first-order valence-electron chi connectivity index (χ1n) is 8.80. The van der Waals surface area contributed by atoms with Crippen LogP contribution in [-0.2, 0) is 4.74 Å². The van der Waals surface area contributed by atoms with Crippen molar-refractivity contribution in [2.24, 2.45) is 5.41 Å². The Bertz CT molecular complexity index is 300. The van der Waals surface area contributed by atoms with Crippen molar-refractivity contribution in [2.45, 2.75) is 85.4 Å². The lowest BCUT2D eigenvalue weighted by Gasteiger charge is -2.44. The van der Waals surface area contributed by atoms with E-state index < -0.39 is 0 Å². The van der Waals surface area contributed by atoms with Crippen LogP contribution in [0.4, 0.5) is 0 Å². The third-order valence-electron chi connectivity index (χ3n) is 4.54. The largest absolute Gasteiger partial charge is 0.376 e. The Labute approximate surface area is 132 Å². The van der Waals surface area contributed by atoms with Crippen LogP contribution in [0.5, 0.6) is 0 Å².